The van der Waals surface area contributed by atoms with Crippen LogP contribution in [0.15, 0.2) is 24.3 Å². The molecule has 0 radical (unpaired) electrons. The van der Waals surface area contributed by atoms with Crippen LogP contribution in [0.3, 0.4) is 0 Å². The van der Waals surface area contributed by atoms with Crippen LogP contribution in [0, 0.1) is 6.92 Å². The number of benzene rings is 1. The maximum Gasteiger partial charge on any atom is 0.242 e. The van der Waals surface area contributed by atoms with Gasteiger partial charge in [-0.2, -0.15) is 0 Å². The van der Waals surface area contributed by atoms with Crippen molar-refractivity contribution in [2.75, 3.05) is 5.32 Å². The monoisotopic (exact) mass is 220 g/mol. The summed E-state index contributed by atoms with van der Waals surface area (Å²) in [5.74, 6) is -0.310. The maximum atomic E-state index is 11.4. The van der Waals surface area contributed by atoms with Gasteiger partial charge in [-0.05, 0) is 32.4 Å². The highest BCUT2D eigenvalue weighted by molar-refractivity contribution is 5.87. The van der Waals surface area contributed by atoms with Crippen molar-refractivity contribution in [2.24, 2.45) is 5.73 Å². The summed E-state index contributed by atoms with van der Waals surface area (Å²) in [6.07, 6.45) is 1.65. The van der Waals surface area contributed by atoms with Crippen molar-refractivity contribution in [3.05, 3.63) is 29.8 Å². The Hall–Kier alpha value is -1.51. The van der Waals surface area contributed by atoms with Gasteiger partial charge in [0.2, 0.25) is 5.91 Å². The second-order valence-corrected chi connectivity index (χ2v) is 4.44. The van der Waals surface area contributed by atoms with Crippen molar-refractivity contribution >= 4 is 11.6 Å². The minimum Gasteiger partial charge on any atom is -0.371 e. The summed E-state index contributed by atoms with van der Waals surface area (Å²) in [5.41, 5.74) is 6.90. The van der Waals surface area contributed by atoms with Gasteiger partial charge < -0.3 is 11.1 Å². The summed E-state index contributed by atoms with van der Waals surface area (Å²) >= 11 is 0. The third-order valence-corrected chi connectivity index (χ3v) is 2.77. The molecule has 0 fully saturated rings. The summed E-state index contributed by atoms with van der Waals surface area (Å²) in [6, 6.07) is 7.95. The highest BCUT2D eigenvalue weighted by Gasteiger charge is 2.29. The van der Waals surface area contributed by atoms with Gasteiger partial charge in [0.15, 0.2) is 0 Å². The average molecular weight is 220 g/mol. The van der Waals surface area contributed by atoms with E-state index in [1.807, 2.05) is 45.0 Å². The lowest BCUT2D eigenvalue weighted by molar-refractivity contribution is -0.122. The average Bonchev–Trinajstić information content (AvgIpc) is 2.22. The van der Waals surface area contributed by atoms with Crippen molar-refractivity contribution in [3.8, 4) is 0 Å². The number of hydrogen-bond acceptors (Lipinski definition) is 2. The molecule has 0 aromatic heterocycles. The molecule has 0 saturated carbocycles. The van der Waals surface area contributed by atoms with Gasteiger partial charge in [0.1, 0.15) is 5.54 Å². The number of rotatable bonds is 5. The molecule has 1 amide bonds. The Morgan fingerprint density at radius 2 is 1.94 bits per heavy atom. The Bertz CT molecular complexity index is 359. The number of hydrogen-bond donors (Lipinski definition) is 2. The number of nitrogens with two attached hydrogens (primary N) is 1. The lowest BCUT2D eigenvalue weighted by atomic mass is 9.95. The highest BCUT2D eigenvalue weighted by atomic mass is 16.1. The van der Waals surface area contributed by atoms with Crippen LogP contribution >= 0.6 is 0 Å². The van der Waals surface area contributed by atoms with E-state index in [9.17, 15) is 4.79 Å². The lowest BCUT2D eigenvalue weighted by Gasteiger charge is -2.28. The van der Waals surface area contributed by atoms with Gasteiger partial charge in [0, 0.05) is 5.69 Å². The van der Waals surface area contributed by atoms with Crippen LogP contribution < -0.4 is 11.1 Å². The fraction of sp³-hybridized carbons (Fsp3) is 0.462. The Labute approximate surface area is 97.0 Å². The summed E-state index contributed by atoms with van der Waals surface area (Å²) in [5, 5.41) is 3.21. The van der Waals surface area contributed by atoms with E-state index in [0.717, 1.165) is 18.5 Å². The summed E-state index contributed by atoms with van der Waals surface area (Å²) in [4.78, 5) is 11.4. The zero-order valence-corrected chi connectivity index (χ0v) is 10.2. The van der Waals surface area contributed by atoms with E-state index in [1.54, 1.807) is 0 Å². The number of carbonyl (C=O) groups excluding carboxylic acids is 1. The molecule has 0 saturated heterocycles. The van der Waals surface area contributed by atoms with Crippen molar-refractivity contribution < 1.29 is 4.79 Å². The number of carbonyl (C=O) groups is 1. The molecule has 88 valence electrons. The van der Waals surface area contributed by atoms with Crippen LogP contribution in [0.1, 0.15) is 32.3 Å². The normalized spacial score (nSPS) is 14.2. The fourth-order valence-corrected chi connectivity index (χ4v) is 1.70. The van der Waals surface area contributed by atoms with Crippen LogP contribution in [0.25, 0.3) is 0 Å². The van der Waals surface area contributed by atoms with E-state index < -0.39 is 5.54 Å². The maximum absolute atomic E-state index is 11.4. The van der Waals surface area contributed by atoms with E-state index in [2.05, 4.69) is 5.32 Å². The van der Waals surface area contributed by atoms with Gasteiger partial charge in [0.05, 0.1) is 0 Å². The molecular weight excluding hydrogens is 200 g/mol. The van der Waals surface area contributed by atoms with Crippen LogP contribution in [0.4, 0.5) is 5.69 Å². The topological polar surface area (TPSA) is 55.1 Å². The SMILES string of the molecule is CCCC(C)(Nc1ccc(C)cc1)C(N)=O. The molecule has 1 aromatic rings. The summed E-state index contributed by atoms with van der Waals surface area (Å²) in [6.45, 7) is 5.92. The smallest absolute Gasteiger partial charge is 0.242 e. The van der Waals surface area contributed by atoms with Crippen molar-refractivity contribution in [1.82, 2.24) is 0 Å². The molecule has 16 heavy (non-hydrogen) atoms. The van der Waals surface area contributed by atoms with Crippen molar-refractivity contribution in [1.29, 1.82) is 0 Å². The molecule has 0 aliphatic rings. The van der Waals surface area contributed by atoms with E-state index >= 15 is 0 Å². The predicted molar refractivity (Wildman–Crippen MR) is 67.3 cm³/mol. The quantitative estimate of drug-likeness (QED) is 0.800. The van der Waals surface area contributed by atoms with Crippen LogP contribution in [-0.4, -0.2) is 11.4 Å². The number of aryl methyl sites for hydroxylation is 1. The Morgan fingerprint density at radius 3 is 2.38 bits per heavy atom. The molecule has 1 unspecified atom stereocenters. The third-order valence-electron chi connectivity index (χ3n) is 2.77. The zero-order chi connectivity index (χ0) is 12.2. The Morgan fingerprint density at radius 1 is 1.38 bits per heavy atom. The Balaban J connectivity index is 2.83. The van der Waals surface area contributed by atoms with Gasteiger partial charge in [-0.15, -0.1) is 0 Å². The predicted octanol–water partition coefficient (Wildman–Crippen LogP) is 2.45. The molecule has 3 N–H and O–H groups in total. The van der Waals surface area contributed by atoms with E-state index in [0.29, 0.717) is 0 Å². The van der Waals surface area contributed by atoms with Gasteiger partial charge >= 0.3 is 0 Å². The molecule has 0 aliphatic carbocycles. The molecule has 0 heterocycles. The Kier molecular flexibility index (Phi) is 3.93. The number of anilines is 1. The summed E-state index contributed by atoms with van der Waals surface area (Å²) in [7, 11) is 0. The van der Waals surface area contributed by atoms with Crippen LogP contribution in [0.2, 0.25) is 0 Å². The van der Waals surface area contributed by atoms with Crippen LogP contribution in [-0.2, 0) is 4.79 Å². The van der Waals surface area contributed by atoms with E-state index in [4.69, 9.17) is 5.73 Å². The van der Waals surface area contributed by atoms with Gasteiger partial charge in [-0.25, -0.2) is 0 Å². The fourth-order valence-electron chi connectivity index (χ4n) is 1.70. The van der Waals surface area contributed by atoms with Crippen molar-refractivity contribution in [3.63, 3.8) is 0 Å². The molecule has 1 aromatic carbocycles. The first kappa shape index (κ1) is 12.6. The zero-order valence-electron chi connectivity index (χ0n) is 10.2. The molecule has 3 nitrogen and oxygen atoms in total. The van der Waals surface area contributed by atoms with Crippen LogP contribution in [0.5, 0.6) is 0 Å². The minimum atomic E-state index is -0.663. The molecule has 0 bridgehead atoms. The third kappa shape index (κ3) is 2.99. The molecule has 0 spiro atoms. The van der Waals surface area contributed by atoms with E-state index in [1.165, 1.54) is 5.56 Å². The first-order valence-electron chi connectivity index (χ1n) is 5.62. The van der Waals surface area contributed by atoms with Crippen molar-refractivity contribution in [2.45, 2.75) is 39.2 Å². The van der Waals surface area contributed by atoms with Gasteiger partial charge in [-0.3, -0.25) is 4.79 Å². The number of amides is 1. The lowest BCUT2D eigenvalue weighted by Crippen LogP contribution is -2.47. The number of nitrogens with one attached hydrogen (secondary N) is 1. The second kappa shape index (κ2) is 5.01. The second-order valence-electron chi connectivity index (χ2n) is 4.44. The molecule has 1 atom stereocenters. The standard InChI is InChI=1S/C13H20N2O/c1-4-9-13(3,12(14)16)15-11-7-5-10(2)6-8-11/h5-8,15H,4,9H2,1-3H3,(H2,14,16). The first-order valence-corrected chi connectivity index (χ1v) is 5.62. The minimum absolute atomic E-state index is 0.310. The number of primary amides is 1. The van der Waals surface area contributed by atoms with E-state index in [-0.39, 0.29) is 5.91 Å². The molecule has 3 heteroatoms. The molecule has 0 aliphatic heterocycles. The largest absolute Gasteiger partial charge is 0.371 e. The first-order chi connectivity index (χ1) is 7.48. The van der Waals surface area contributed by atoms with Gasteiger partial charge in [-0.1, -0.05) is 31.0 Å². The summed E-state index contributed by atoms with van der Waals surface area (Å²) < 4.78 is 0. The van der Waals surface area contributed by atoms with Gasteiger partial charge in [0.25, 0.3) is 0 Å². The molecular formula is C13H20N2O. The molecule has 1 rings (SSSR count). The highest BCUT2D eigenvalue weighted by Crippen LogP contribution is 2.20.